The van der Waals surface area contributed by atoms with Gasteiger partial charge in [-0.1, -0.05) is 46.8 Å². The van der Waals surface area contributed by atoms with E-state index in [0.29, 0.717) is 36.0 Å². The zero-order chi connectivity index (χ0) is 38.2. The summed E-state index contributed by atoms with van der Waals surface area (Å²) in [6, 6.07) is 0. The molecule has 51 heavy (non-hydrogen) atoms. The maximum atomic E-state index is 13.6. The van der Waals surface area contributed by atoms with E-state index in [0.717, 1.165) is 64.2 Å². The van der Waals surface area contributed by atoms with Crippen LogP contribution < -0.4 is 5.32 Å². The molecule has 0 heterocycles. The highest BCUT2D eigenvalue weighted by Crippen LogP contribution is 2.78. The number of carbonyl (C=O) groups excluding carboxylic acids is 3. The zero-order valence-electron chi connectivity index (χ0n) is 33.8. The molecule has 5 saturated carbocycles. The number of hydrogen-bond acceptors (Lipinski definition) is 6. The summed E-state index contributed by atoms with van der Waals surface area (Å²) in [4.78, 5) is 50.8. The molecule has 0 aromatic heterocycles. The van der Waals surface area contributed by atoms with Gasteiger partial charge in [0.2, 0.25) is 5.91 Å². The molecule has 0 aromatic rings. The lowest BCUT2D eigenvalue weighted by Gasteiger charge is -2.73. The van der Waals surface area contributed by atoms with Crippen molar-refractivity contribution in [3.63, 3.8) is 0 Å². The van der Waals surface area contributed by atoms with E-state index in [2.05, 4.69) is 53.4 Å². The van der Waals surface area contributed by atoms with Gasteiger partial charge < -0.3 is 19.9 Å². The van der Waals surface area contributed by atoms with Crippen molar-refractivity contribution in [1.82, 2.24) is 5.32 Å². The Morgan fingerprint density at radius 2 is 1.47 bits per heavy atom. The molecule has 1 amide bonds. The topological polar surface area (TPSA) is 119 Å². The highest BCUT2D eigenvalue weighted by molar-refractivity contribution is 5.83. The first kappa shape index (κ1) is 39.8. The van der Waals surface area contributed by atoms with Gasteiger partial charge in [0.1, 0.15) is 18.2 Å². The van der Waals surface area contributed by atoms with E-state index in [9.17, 15) is 24.3 Å². The van der Waals surface area contributed by atoms with Crippen molar-refractivity contribution < 1.29 is 33.8 Å². The number of nitrogens with one attached hydrogen (secondary N) is 1. The van der Waals surface area contributed by atoms with Crippen LogP contribution in [0.15, 0.2) is 12.2 Å². The van der Waals surface area contributed by atoms with E-state index in [4.69, 9.17) is 9.47 Å². The van der Waals surface area contributed by atoms with Crippen LogP contribution in [-0.4, -0.2) is 47.2 Å². The number of esters is 2. The Bertz CT molecular complexity index is 1430. The number of fused-ring (bicyclic) bond motifs is 7. The average molecular weight is 712 g/mol. The number of carboxylic acid groups (broad SMARTS) is 1. The van der Waals surface area contributed by atoms with Gasteiger partial charge in [-0.05, 0) is 157 Å². The van der Waals surface area contributed by atoms with Gasteiger partial charge in [-0.25, -0.2) is 0 Å². The Balaban J connectivity index is 1.36. The normalized spacial score (nSPS) is 40.1. The Kier molecular flexibility index (Phi) is 10.3. The van der Waals surface area contributed by atoms with E-state index in [1.54, 1.807) is 13.8 Å². The van der Waals surface area contributed by atoms with Crippen LogP contribution in [0.5, 0.6) is 0 Å². The van der Waals surface area contributed by atoms with Crippen molar-refractivity contribution >= 4 is 23.8 Å². The quantitative estimate of drug-likeness (QED) is 0.181. The fraction of sp³-hybridized carbons (Fsp3) is 0.860. The summed E-state index contributed by atoms with van der Waals surface area (Å²) in [6.07, 6.45) is 10.7. The first-order valence-electron chi connectivity index (χ1n) is 19.9. The molecule has 10 atom stereocenters. The summed E-state index contributed by atoms with van der Waals surface area (Å²) < 4.78 is 11.6. The molecule has 288 valence electrons. The van der Waals surface area contributed by atoms with E-state index < -0.39 is 28.9 Å². The molecule has 8 nitrogen and oxygen atoms in total. The third-order valence-electron chi connectivity index (χ3n) is 16.0. The highest BCUT2D eigenvalue weighted by atomic mass is 16.6. The zero-order valence-corrected chi connectivity index (χ0v) is 33.8. The number of ether oxygens (including phenoxy) is 2. The molecule has 0 aliphatic heterocycles. The molecule has 0 saturated heterocycles. The number of carboxylic acids is 1. The van der Waals surface area contributed by atoms with Crippen LogP contribution in [0.4, 0.5) is 0 Å². The van der Waals surface area contributed by atoms with Crippen molar-refractivity contribution in [1.29, 1.82) is 0 Å². The fourth-order valence-electron chi connectivity index (χ4n) is 13.3. The number of allylic oxidation sites excluding steroid dienone is 1. The lowest BCUT2D eigenvalue weighted by molar-refractivity contribution is -0.250. The SMILES string of the molecule is C=C(C)[C@@H]1CC[C@]2(CC(=O)NCC(=O)OC(C)(C)C)CC[C@]3(C)[C@H](CC[C@@H]4[C@@]5(C)CC[C@H](OC(=O)CC(C)(C)C(=O)O)C(C)(C)[C@@H]5CC[C@]43C)[C@@H]12. The van der Waals surface area contributed by atoms with Crippen LogP contribution in [-0.2, 0) is 28.7 Å². The van der Waals surface area contributed by atoms with Crippen LogP contribution in [0.25, 0.3) is 0 Å². The minimum Gasteiger partial charge on any atom is -0.481 e. The Morgan fingerprint density at radius 3 is 2.08 bits per heavy atom. The second kappa shape index (κ2) is 13.2. The molecule has 0 unspecified atom stereocenters. The summed E-state index contributed by atoms with van der Waals surface area (Å²) in [5.74, 6) is 0.385. The monoisotopic (exact) mass is 712 g/mol. The van der Waals surface area contributed by atoms with Crippen molar-refractivity contribution in [2.45, 2.75) is 165 Å². The van der Waals surface area contributed by atoms with Crippen molar-refractivity contribution in [2.24, 2.45) is 62.1 Å². The second-order valence-corrected chi connectivity index (χ2v) is 20.8. The first-order chi connectivity index (χ1) is 23.3. The predicted molar refractivity (Wildman–Crippen MR) is 198 cm³/mol. The number of aliphatic carboxylic acids is 1. The van der Waals surface area contributed by atoms with Gasteiger partial charge in [-0.3, -0.25) is 19.2 Å². The van der Waals surface area contributed by atoms with Gasteiger partial charge in [0.05, 0.1) is 11.8 Å². The van der Waals surface area contributed by atoms with E-state index >= 15 is 0 Å². The van der Waals surface area contributed by atoms with Crippen LogP contribution in [0.1, 0.15) is 153 Å². The lowest BCUT2D eigenvalue weighted by Crippen LogP contribution is -2.67. The molecular weight excluding hydrogens is 642 g/mol. The molecule has 0 aromatic carbocycles. The van der Waals surface area contributed by atoms with Gasteiger partial charge in [-0.15, -0.1) is 0 Å². The smallest absolute Gasteiger partial charge is 0.325 e. The lowest BCUT2D eigenvalue weighted by atomic mass is 9.32. The highest BCUT2D eigenvalue weighted by Gasteiger charge is 2.71. The van der Waals surface area contributed by atoms with Crippen LogP contribution in [0, 0.1) is 62.1 Å². The van der Waals surface area contributed by atoms with E-state index in [1.165, 1.54) is 5.57 Å². The van der Waals surface area contributed by atoms with Crippen molar-refractivity contribution in [3.05, 3.63) is 12.2 Å². The summed E-state index contributed by atoms with van der Waals surface area (Å²) in [5.41, 5.74) is -0.451. The minimum atomic E-state index is -1.16. The van der Waals surface area contributed by atoms with Gasteiger partial charge in [0.25, 0.3) is 0 Å². The molecule has 8 heteroatoms. The number of rotatable bonds is 9. The summed E-state index contributed by atoms with van der Waals surface area (Å²) in [6.45, 7) is 27.6. The van der Waals surface area contributed by atoms with Crippen LogP contribution in [0.2, 0.25) is 0 Å². The predicted octanol–water partition coefficient (Wildman–Crippen LogP) is 8.90. The van der Waals surface area contributed by atoms with E-state index in [1.807, 2.05) is 20.8 Å². The number of hydrogen-bond donors (Lipinski definition) is 2. The van der Waals surface area contributed by atoms with Gasteiger partial charge in [-0.2, -0.15) is 0 Å². The third-order valence-corrected chi connectivity index (χ3v) is 16.0. The molecule has 0 radical (unpaired) electrons. The molecule has 5 fully saturated rings. The summed E-state index contributed by atoms with van der Waals surface area (Å²) in [7, 11) is 0. The van der Waals surface area contributed by atoms with Crippen molar-refractivity contribution in [2.75, 3.05) is 6.54 Å². The number of carbonyl (C=O) groups is 4. The van der Waals surface area contributed by atoms with Gasteiger partial charge in [0, 0.05) is 11.8 Å². The molecule has 0 spiro atoms. The second-order valence-electron chi connectivity index (χ2n) is 20.8. The maximum Gasteiger partial charge on any atom is 0.325 e. The largest absolute Gasteiger partial charge is 0.481 e. The van der Waals surface area contributed by atoms with Crippen LogP contribution in [0.3, 0.4) is 0 Å². The molecule has 0 bridgehead atoms. The number of amides is 1. The fourth-order valence-corrected chi connectivity index (χ4v) is 13.3. The Morgan fingerprint density at radius 1 is 0.804 bits per heavy atom. The molecular formula is C43H69NO7. The minimum absolute atomic E-state index is 0.0454. The average Bonchev–Trinajstić information content (AvgIpc) is 3.36. The van der Waals surface area contributed by atoms with Crippen LogP contribution >= 0.6 is 0 Å². The molecule has 5 rings (SSSR count). The van der Waals surface area contributed by atoms with Gasteiger partial charge in [0.15, 0.2) is 0 Å². The summed E-state index contributed by atoms with van der Waals surface area (Å²) in [5, 5.41) is 12.5. The summed E-state index contributed by atoms with van der Waals surface area (Å²) >= 11 is 0. The maximum absolute atomic E-state index is 13.6. The molecule has 5 aliphatic carbocycles. The Hall–Kier alpha value is -2.38. The van der Waals surface area contributed by atoms with E-state index in [-0.39, 0.29) is 52.1 Å². The third kappa shape index (κ3) is 6.81. The van der Waals surface area contributed by atoms with Gasteiger partial charge >= 0.3 is 17.9 Å². The standard InChI is InChI=1S/C43H69NO7/c1-26(2)27-15-20-43(23-32(45)44-25-34(47)51-37(3,4)5)22-21-41(11)28(35(27)43)13-14-30-40(10)18-17-31(50-33(46)24-38(6,7)36(48)49)39(8,9)29(40)16-19-42(30,41)12/h27-31,35H,1,13-25H2,2-12H3,(H,44,45)(H,48,49)/t27-,28+,29-,30+,31-,35+,40-,41+,42+,43+/m0/s1. The first-order valence-corrected chi connectivity index (χ1v) is 19.9. The molecule has 5 aliphatic rings. The Labute approximate surface area is 308 Å². The van der Waals surface area contributed by atoms with Crippen molar-refractivity contribution in [3.8, 4) is 0 Å². The molecule has 2 N–H and O–H groups in total.